The van der Waals surface area contributed by atoms with E-state index >= 15 is 0 Å². The highest BCUT2D eigenvalue weighted by molar-refractivity contribution is 6.60. The summed E-state index contributed by atoms with van der Waals surface area (Å²) in [6, 6.07) is 0.663. The molecular weight excluding hydrogens is 312 g/mol. The average molecular weight is 346 g/mol. The van der Waals surface area contributed by atoms with Gasteiger partial charge in [0.05, 0.1) is 0 Å². The molecule has 0 spiro atoms. The van der Waals surface area contributed by atoms with Crippen molar-refractivity contribution in [2.45, 2.75) is 12.5 Å². The van der Waals surface area contributed by atoms with Crippen molar-refractivity contribution in [1.82, 2.24) is 0 Å². The van der Waals surface area contributed by atoms with E-state index in [1.165, 1.54) is 0 Å². The lowest BCUT2D eigenvalue weighted by atomic mass is 10.5. The molecule has 1 radical (unpaired) electrons. The van der Waals surface area contributed by atoms with Crippen LogP contribution in [0.5, 0.6) is 0 Å². The fourth-order valence-corrected chi connectivity index (χ4v) is 3.06. The first-order chi connectivity index (χ1) is 10.0. The molecule has 0 aliphatic heterocycles. The van der Waals surface area contributed by atoms with Crippen molar-refractivity contribution in [1.29, 1.82) is 0 Å². The molecule has 0 amide bonds. The van der Waals surface area contributed by atoms with E-state index in [9.17, 15) is 0 Å². The average Bonchev–Trinajstić information content (AvgIpc) is 2.55. The Morgan fingerprint density at radius 2 is 1.14 bits per heavy atom. The van der Waals surface area contributed by atoms with Crippen LogP contribution in [-0.2, 0) is 26.6 Å². The number of nitrogens with two attached hydrogens (primary N) is 2. The van der Waals surface area contributed by atoms with Gasteiger partial charge in [-0.3, -0.25) is 0 Å². The summed E-state index contributed by atoms with van der Waals surface area (Å²) in [7, 11) is 5.44. The summed E-state index contributed by atoms with van der Waals surface area (Å²) in [5.74, 6) is 0. The first kappa shape index (κ1) is 26.0. The van der Waals surface area contributed by atoms with Gasteiger partial charge in [0, 0.05) is 48.7 Å². The van der Waals surface area contributed by atoms with Crippen molar-refractivity contribution in [3.8, 4) is 0 Å². The van der Waals surface area contributed by atoms with E-state index < -0.39 is 18.3 Å². The molecule has 0 aromatic heterocycles. The lowest BCUT2D eigenvalue weighted by molar-refractivity contribution is 0.124. The molecule has 0 atom stereocenters. The minimum Gasteiger partial charge on any atom is -0.379 e. The van der Waals surface area contributed by atoms with Gasteiger partial charge in [0.25, 0.3) is 0 Å². The molecule has 0 aliphatic carbocycles. The second-order valence-corrected chi connectivity index (χ2v) is 8.55. The molecule has 0 rings (SSSR count). The van der Waals surface area contributed by atoms with Crippen LogP contribution in [0.4, 0.5) is 0 Å². The second-order valence-electron chi connectivity index (χ2n) is 3.47. The van der Waals surface area contributed by atoms with Crippen LogP contribution < -0.4 is 11.5 Å². The summed E-state index contributed by atoms with van der Waals surface area (Å²) < 4.78 is 29.5. The quantitative estimate of drug-likeness (QED) is 0.545. The number of hydrogen-bond donors (Lipinski definition) is 2. The van der Waals surface area contributed by atoms with Crippen LogP contribution in [0, 0.1) is 6.92 Å². The standard InChI is InChI=1S/C5H15NO3Si.C3H8N.C3H10O3Si/c1-7-10(8-2,9-3)5-4-6;1-2-3-4;1-4-7(5-2)6-3/h4-6H2,1-3H3;1-4H2;7H,1-3H3. The van der Waals surface area contributed by atoms with Gasteiger partial charge in [-0.25, -0.2) is 0 Å². The summed E-state index contributed by atoms with van der Waals surface area (Å²) in [6.45, 7) is 4.72. The predicted octanol–water partition coefficient (Wildman–Crippen LogP) is -0.365. The topological polar surface area (TPSA) is 107 Å². The summed E-state index contributed by atoms with van der Waals surface area (Å²) >= 11 is 0. The van der Waals surface area contributed by atoms with Crippen molar-refractivity contribution >= 4 is 18.3 Å². The molecule has 0 saturated carbocycles. The van der Waals surface area contributed by atoms with Crippen LogP contribution in [0.1, 0.15) is 6.42 Å². The molecule has 4 N–H and O–H groups in total. The van der Waals surface area contributed by atoms with Crippen LogP contribution in [0.15, 0.2) is 0 Å². The third-order valence-electron chi connectivity index (χ3n) is 2.17. The summed E-state index contributed by atoms with van der Waals surface area (Å²) in [4.78, 5) is 0. The van der Waals surface area contributed by atoms with Crippen molar-refractivity contribution in [3.63, 3.8) is 0 Å². The van der Waals surface area contributed by atoms with Crippen LogP contribution in [-0.4, -0.2) is 74.1 Å². The summed E-state index contributed by atoms with van der Waals surface area (Å²) in [5.41, 5.74) is 10.3. The van der Waals surface area contributed by atoms with Crippen molar-refractivity contribution < 1.29 is 26.6 Å². The SMILES string of the molecule is CO[SiH](OC)OC.CO[Si](CCN)(OC)OC.[CH2]CCN. The van der Waals surface area contributed by atoms with Gasteiger partial charge in [-0.2, -0.15) is 0 Å². The highest BCUT2D eigenvalue weighted by atomic mass is 28.4. The molecule has 0 aromatic rings. The van der Waals surface area contributed by atoms with E-state index in [0.29, 0.717) is 19.1 Å². The Balaban J connectivity index is -0.000000256. The van der Waals surface area contributed by atoms with Crippen LogP contribution >= 0.6 is 0 Å². The van der Waals surface area contributed by atoms with Gasteiger partial charge in [-0.05, 0) is 19.5 Å². The van der Waals surface area contributed by atoms with Crippen molar-refractivity contribution in [2.24, 2.45) is 11.5 Å². The lowest BCUT2D eigenvalue weighted by Crippen LogP contribution is -2.44. The molecule has 0 heterocycles. The molecule has 21 heavy (non-hydrogen) atoms. The Hall–Kier alpha value is 0.114. The zero-order valence-corrected chi connectivity index (χ0v) is 16.4. The van der Waals surface area contributed by atoms with E-state index in [-0.39, 0.29) is 0 Å². The van der Waals surface area contributed by atoms with Gasteiger partial charge in [-0.1, -0.05) is 6.92 Å². The summed E-state index contributed by atoms with van der Waals surface area (Å²) in [5, 5.41) is 0. The minimum absolute atomic E-state index is 0.530. The van der Waals surface area contributed by atoms with E-state index in [2.05, 4.69) is 6.92 Å². The van der Waals surface area contributed by atoms with Crippen LogP contribution in [0.25, 0.3) is 0 Å². The molecule has 131 valence electrons. The van der Waals surface area contributed by atoms with Crippen LogP contribution in [0.2, 0.25) is 6.04 Å². The lowest BCUT2D eigenvalue weighted by Gasteiger charge is -2.23. The zero-order chi connectivity index (χ0) is 17.1. The fourth-order valence-electron chi connectivity index (χ4n) is 1.02. The Bertz CT molecular complexity index is 170. The van der Waals surface area contributed by atoms with Gasteiger partial charge in [-0.15, -0.1) is 0 Å². The van der Waals surface area contributed by atoms with Crippen molar-refractivity contribution in [3.05, 3.63) is 6.92 Å². The molecule has 8 nitrogen and oxygen atoms in total. The van der Waals surface area contributed by atoms with Crippen LogP contribution in [0.3, 0.4) is 0 Å². The Kier molecular flexibility index (Phi) is 24.9. The normalized spacial score (nSPS) is 10.6. The third-order valence-corrected chi connectivity index (χ3v) is 6.09. The second kappa shape index (κ2) is 20.1. The molecule has 10 heteroatoms. The molecule has 0 saturated heterocycles. The number of hydrogen-bond acceptors (Lipinski definition) is 8. The monoisotopic (exact) mass is 345 g/mol. The molecule has 0 aliphatic rings. The van der Waals surface area contributed by atoms with E-state index in [4.69, 9.17) is 38.0 Å². The first-order valence-electron chi connectivity index (χ1n) is 6.44. The zero-order valence-electron chi connectivity index (χ0n) is 14.2. The highest BCUT2D eigenvalue weighted by Gasteiger charge is 2.36. The van der Waals surface area contributed by atoms with E-state index in [1.807, 2.05) is 0 Å². The molecule has 0 unspecified atom stereocenters. The van der Waals surface area contributed by atoms with Crippen molar-refractivity contribution in [2.75, 3.05) is 55.7 Å². The Morgan fingerprint density at radius 3 is 1.19 bits per heavy atom. The highest BCUT2D eigenvalue weighted by Crippen LogP contribution is 2.10. The van der Waals surface area contributed by atoms with Gasteiger partial charge in [0.1, 0.15) is 0 Å². The largest absolute Gasteiger partial charge is 0.501 e. The van der Waals surface area contributed by atoms with Gasteiger partial charge in [0.15, 0.2) is 0 Å². The fraction of sp³-hybridized carbons (Fsp3) is 0.909. The molecular formula is C11H33N2O6Si2. The summed E-state index contributed by atoms with van der Waals surface area (Å²) in [6.07, 6.45) is 0.847. The third kappa shape index (κ3) is 16.3. The number of rotatable bonds is 9. The van der Waals surface area contributed by atoms with E-state index in [1.54, 1.807) is 42.7 Å². The smallest absolute Gasteiger partial charge is 0.379 e. The molecule has 0 fully saturated rings. The molecule has 0 aromatic carbocycles. The Labute approximate surface area is 132 Å². The van der Waals surface area contributed by atoms with E-state index in [0.717, 1.165) is 6.42 Å². The first-order valence-corrected chi connectivity index (χ1v) is 9.79. The van der Waals surface area contributed by atoms with Gasteiger partial charge < -0.3 is 38.0 Å². The van der Waals surface area contributed by atoms with Gasteiger partial charge >= 0.3 is 18.3 Å². The predicted molar refractivity (Wildman–Crippen MR) is 87.8 cm³/mol. The molecule has 0 bridgehead atoms. The minimum atomic E-state index is -2.34. The Morgan fingerprint density at radius 1 is 0.810 bits per heavy atom. The van der Waals surface area contributed by atoms with Gasteiger partial charge in [0.2, 0.25) is 0 Å². The maximum absolute atomic E-state index is 5.34. The maximum Gasteiger partial charge on any atom is 0.501 e. The maximum atomic E-state index is 5.34.